The Bertz CT molecular complexity index is 779. The number of pyridine rings is 1. The summed E-state index contributed by atoms with van der Waals surface area (Å²) >= 11 is 1.39. The third kappa shape index (κ3) is 4.38. The largest absolute Gasteiger partial charge is 0.468 e. The summed E-state index contributed by atoms with van der Waals surface area (Å²) in [5.41, 5.74) is 7.80. The van der Waals surface area contributed by atoms with Gasteiger partial charge in [-0.15, -0.1) is 0 Å². The van der Waals surface area contributed by atoms with E-state index in [2.05, 4.69) is 15.0 Å². The number of ether oxygens (including phenoxy) is 1. The average molecular weight is 353 g/mol. The number of rotatable bonds is 6. The summed E-state index contributed by atoms with van der Waals surface area (Å²) in [4.78, 5) is 6.05. The molecule has 6 nitrogen and oxygen atoms in total. The van der Waals surface area contributed by atoms with E-state index in [-0.39, 0.29) is 18.5 Å². The van der Waals surface area contributed by atoms with Gasteiger partial charge in [0.25, 0.3) is 0 Å². The van der Waals surface area contributed by atoms with E-state index in [1.807, 2.05) is 0 Å². The molecule has 0 aromatic carbocycles. The molecule has 0 saturated heterocycles. The molecule has 0 saturated carbocycles. The number of azide groups is 1. The highest BCUT2D eigenvalue weighted by Gasteiger charge is 2.33. The van der Waals surface area contributed by atoms with Crippen LogP contribution in [0.15, 0.2) is 34.1 Å². The van der Waals surface area contributed by atoms with Crippen molar-refractivity contribution >= 4 is 11.3 Å². The van der Waals surface area contributed by atoms with Gasteiger partial charge >= 0.3 is 6.18 Å². The van der Waals surface area contributed by atoms with E-state index in [9.17, 15) is 13.2 Å². The standard InChI is InChI=1S/C14H10F3N5OS/c15-14(16,17)12-2-1-9(7-18)13(21-12)23-11(3-5-20-22-19)10-4-6-24-8-10/h1-2,4,6,8,11H,3,5H2/t11-/m1/s1. The SMILES string of the molecule is N#Cc1ccc(C(F)(F)F)nc1O[C@H](CCN=[N+]=[N-])c1ccsc1. The summed E-state index contributed by atoms with van der Waals surface area (Å²) in [6.07, 6.45) is -5.08. The predicted molar refractivity (Wildman–Crippen MR) is 80.3 cm³/mol. The number of hydrogen-bond acceptors (Lipinski definition) is 5. The summed E-state index contributed by atoms with van der Waals surface area (Å²) in [7, 11) is 0. The van der Waals surface area contributed by atoms with Crippen molar-refractivity contribution in [1.82, 2.24) is 4.98 Å². The lowest BCUT2D eigenvalue weighted by molar-refractivity contribution is -0.141. The Morgan fingerprint density at radius 3 is 2.79 bits per heavy atom. The molecular formula is C14H10F3N5OS. The molecule has 0 radical (unpaired) electrons. The number of alkyl halides is 3. The Morgan fingerprint density at radius 2 is 2.21 bits per heavy atom. The summed E-state index contributed by atoms with van der Waals surface area (Å²) in [6.45, 7) is 0.0951. The van der Waals surface area contributed by atoms with Crippen LogP contribution in [0.25, 0.3) is 10.4 Å². The second kappa shape index (κ2) is 7.68. The van der Waals surface area contributed by atoms with Gasteiger partial charge in [0.1, 0.15) is 23.4 Å². The summed E-state index contributed by atoms with van der Waals surface area (Å²) < 4.78 is 44.0. The van der Waals surface area contributed by atoms with Gasteiger partial charge in [0.15, 0.2) is 0 Å². The third-order valence-electron chi connectivity index (χ3n) is 2.99. The van der Waals surface area contributed by atoms with E-state index in [1.54, 1.807) is 22.9 Å². The number of thiophene rings is 1. The Labute approximate surface area is 138 Å². The molecule has 0 aliphatic heterocycles. The molecule has 0 fully saturated rings. The first-order valence-corrected chi connectivity index (χ1v) is 7.58. The molecular weight excluding hydrogens is 343 g/mol. The highest BCUT2D eigenvalue weighted by molar-refractivity contribution is 7.07. The summed E-state index contributed by atoms with van der Waals surface area (Å²) in [5, 5.41) is 16.0. The number of halogens is 3. The molecule has 0 bridgehead atoms. The number of nitriles is 1. The molecule has 124 valence electrons. The molecule has 1 atom stereocenters. The van der Waals surface area contributed by atoms with Crippen molar-refractivity contribution in [3.05, 3.63) is 56.2 Å². The highest BCUT2D eigenvalue weighted by Crippen LogP contribution is 2.32. The molecule has 2 aromatic rings. The van der Waals surface area contributed by atoms with E-state index in [4.69, 9.17) is 15.5 Å². The molecule has 2 aromatic heterocycles. The maximum absolute atomic E-state index is 12.8. The van der Waals surface area contributed by atoms with Gasteiger partial charge in [0.2, 0.25) is 5.88 Å². The molecule has 0 aliphatic carbocycles. The predicted octanol–water partition coefficient (Wildman–Crippen LogP) is 4.85. The first-order chi connectivity index (χ1) is 11.5. The maximum Gasteiger partial charge on any atom is 0.433 e. The molecule has 0 aliphatic rings. The van der Waals surface area contributed by atoms with Crippen molar-refractivity contribution in [1.29, 1.82) is 5.26 Å². The molecule has 0 amide bonds. The molecule has 0 unspecified atom stereocenters. The van der Waals surface area contributed by atoms with Crippen LogP contribution in [0.3, 0.4) is 0 Å². The lowest BCUT2D eigenvalue weighted by Crippen LogP contribution is -2.13. The van der Waals surface area contributed by atoms with Crippen LogP contribution >= 0.6 is 11.3 Å². The minimum Gasteiger partial charge on any atom is -0.468 e. The molecule has 0 N–H and O–H groups in total. The summed E-state index contributed by atoms with van der Waals surface area (Å²) in [6, 6.07) is 5.24. The van der Waals surface area contributed by atoms with E-state index in [0.717, 1.165) is 12.1 Å². The summed E-state index contributed by atoms with van der Waals surface area (Å²) in [5.74, 6) is -0.399. The third-order valence-corrected chi connectivity index (χ3v) is 3.70. The van der Waals surface area contributed by atoms with Crippen LogP contribution in [0.4, 0.5) is 13.2 Å². The molecule has 0 spiro atoms. The second-order valence-corrected chi connectivity index (χ2v) is 5.35. The highest BCUT2D eigenvalue weighted by atomic mass is 32.1. The molecule has 2 rings (SSSR count). The van der Waals surface area contributed by atoms with Crippen LogP contribution in [0.2, 0.25) is 0 Å². The van der Waals surface area contributed by atoms with Gasteiger partial charge in [-0.3, -0.25) is 0 Å². The van der Waals surface area contributed by atoms with Crippen molar-refractivity contribution in [3.8, 4) is 11.9 Å². The van der Waals surface area contributed by atoms with Crippen LogP contribution in [0, 0.1) is 11.3 Å². The van der Waals surface area contributed by atoms with E-state index in [1.165, 1.54) is 11.3 Å². The van der Waals surface area contributed by atoms with Crippen LogP contribution in [-0.2, 0) is 6.18 Å². The minimum absolute atomic E-state index is 0.0951. The van der Waals surface area contributed by atoms with Crippen molar-refractivity contribution < 1.29 is 17.9 Å². The van der Waals surface area contributed by atoms with E-state index < -0.39 is 23.9 Å². The van der Waals surface area contributed by atoms with Gasteiger partial charge in [-0.05, 0) is 40.9 Å². The fourth-order valence-corrected chi connectivity index (χ4v) is 2.58. The van der Waals surface area contributed by atoms with Gasteiger partial charge in [-0.1, -0.05) is 5.11 Å². The Kier molecular flexibility index (Phi) is 5.63. The van der Waals surface area contributed by atoms with Gasteiger partial charge < -0.3 is 4.74 Å². The van der Waals surface area contributed by atoms with Gasteiger partial charge in [0, 0.05) is 17.0 Å². The zero-order valence-electron chi connectivity index (χ0n) is 12.1. The van der Waals surface area contributed by atoms with Crippen LogP contribution < -0.4 is 4.74 Å². The monoisotopic (exact) mass is 353 g/mol. The molecule has 2 heterocycles. The lowest BCUT2D eigenvalue weighted by Gasteiger charge is -2.18. The van der Waals surface area contributed by atoms with Gasteiger partial charge in [-0.25, -0.2) is 4.98 Å². The Balaban J connectivity index is 2.33. The quantitative estimate of drug-likeness (QED) is 0.422. The van der Waals surface area contributed by atoms with Crippen molar-refractivity contribution in [2.45, 2.75) is 18.7 Å². The molecule has 24 heavy (non-hydrogen) atoms. The first-order valence-electron chi connectivity index (χ1n) is 6.63. The van der Waals surface area contributed by atoms with Crippen molar-refractivity contribution in [2.24, 2.45) is 5.11 Å². The Morgan fingerprint density at radius 1 is 1.42 bits per heavy atom. The minimum atomic E-state index is -4.64. The smallest absolute Gasteiger partial charge is 0.433 e. The zero-order chi connectivity index (χ0) is 17.6. The van der Waals surface area contributed by atoms with Gasteiger partial charge in [0.05, 0.1) is 0 Å². The number of hydrogen-bond donors (Lipinski definition) is 0. The first kappa shape index (κ1) is 17.6. The van der Waals surface area contributed by atoms with E-state index in [0.29, 0.717) is 5.56 Å². The van der Waals surface area contributed by atoms with Crippen LogP contribution in [-0.4, -0.2) is 11.5 Å². The maximum atomic E-state index is 12.8. The fourth-order valence-electron chi connectivity index (χ4n) is 1.88. The van der Waals surface area contributed by atoms with Gasteiger partial charge in [-0.2, -0.15) is 29.8 Å². The Hall–Kier alpha value is -2.76. The van der Waals surface area contributed by atoms with E-state index >= 15 is 0 Å². The van der Waals surface area contributed by atoms with Crippen molar-refractivity contribution in [3.63, 3.8) is 0 Å². The second-order valence-electron chi connectivity index (χ2n) is 4.57. The topological polar surface area (TPSA) is 94.7 Å². The van der Waals surface area contributed by atoms with Crippen LogP contribution in [0.1, 0.15) is 29.3 Å². The number of aromatic nitrogens is 1. The number of nitrogens with zero attached hydrogens (tertiary/aromatic N) is 5. The van der Waals surface area contributed by atoms with Crippen molar-refractivity contribution in [2.75, 3.05) is 6.54 Å². The lowest BCUT2D eigenvalue weighted by atomic mass is 10.1. The normalized spacial score (nSPS) is 12.1. The zero-order valence-corrected chi connectivity index (χ0v) is 12.9. The van der Waals surface area contributed by atoms with Crippen LogP contribution in [0.5, 0.6) is 5.88 Å². The molecule has 10 heteroatoms. The fraction of sp³-hybridized carbons (Fsp3) is 0.286. The average Bonchev–Trinajstić information content (AvgIpc) is 3.07.